The highest BCUT2D eigenvalue weighted by Gasteiger charge is 2.01. The molecule has 0 saturated heterocycles. The van der Waals surface area contributed by atoms with Gasteiger partial charge in [-0.15, -0.1) is 0 Å². The Kier molecular flexibility index (Phi) is 5.01. The molecule has 0 aliphatic heterocycles. The number of rotatable bonds is 7. The standard InChI is InChI=1S/C15H23N4O/c1-18-6-7-19(12-18)8-10-20-9-2-3-13-4-5-14(16)11-15(13)17/h4-7,11-12H,2-3,8-10,16-17H2,1H3/q+1. The highest BCUT2D eigenvalue weighted by Crippen LogP contribution is 2.17. The van der Waals surface area contributed by atoms with Crippen molar-refractivity contribution < 1.29 is 9.30 Å². The van der Waals surface area contributed by atoms with E-state index in [4.69, 9.17) is 16.2 Å². The van der Waals surface area contributed by atoms with Gasteiger partial charge in [0, 0.05) is 18.0 Å². The van der Waals surface area contributed by atoms with Crippen molar-refractivity contribution in [3.8, 4) is 0 Å². The normalized spacial score (nSPS) is 10.8. The van der Waals surface area contributed by atoms with Gasteiger partial charge in [-0.3, -0.25) is 0 Å². The molecule has 2 rings (SSSR count). The average molecular weight is 275 g/mol. The summed E-state index contributed by atoms with van der Waals surface area (Å²) >= 11 is 0. The summed E-state index contributed by atoms with van der Waals surface area (Å²) in [6, 6.07) is 5.69. The smallest absolute Gasteiger partial charge is 0.243 e. The lowest BCUT2D eigenvalue weighted by Gasteiger charge is -2.07. The number of aromatic nitrogens is 2. The maximum absolute atomic E-state index is 5.91. The molecule has 20 heavy (non-hydrogen) atoms. The Bertz CT molecular complexity index is 551. The molecule has 0 bridgehead atoms. The van der Waals surface area contributed by atoms with Crippen molar-refractivity contribution in [2.75, 3.05) is 24.7 Å². The Morgan fingerprint density at radius 1 is 1.25 bits per heavy atom. The fraction of sp³-hybridized carbons (Fsp3) is 0.400. The van der Waals surface area contributed by atoms with Crippen LogP contribution in [0.3, 0.4) is 0 Å². The van der Waals surface area contributed by atoms with E-state index < -0.39 is 0 Å². The van der Waals surface area contributed by atoms with Crippen molar-refractivity contribution >= 4 is 11.4 Å². The summed E-state index contributed by atoms with van der Waals surface area (Å²) < 4.78 is 9.76. The van der Waals surface area contributed by atoms with E-state index in [1.165, 1.54) is 0 Å². The third-order valence-electron chi connectivity index (χ3n) is 3.22. The largest absolute Gasteiger partial charge is 0.399 e. The quantitative estimate of drug-likeness (QED) is 0.452. The Morgan fingerprint density at radius 2 is 2.10 bits per heavy atom. The van der Waals surface area contributed by atoms with Crippen LogP contribution in [0.5, 0.6) is 0 Å². The Labute approximate surface area is 119 Å². The van der Waals surface area contributed by atoms with E-state index in [1.807, 2.05) is 48.5 Å². The van der Waals surface area contributed by atoms with E-state index in [0.717, 1.165) is 43.9 Å². The van der Waals surface area contributed by atoms with Gasteiger partial charge < -0.3 is 16.2 Å². The molecular weight excluding hydrogens is 252 g/mol. The van der Waals surface area contributed by atoms with Crippen molar-refractivity contribution in [1.82, 2.24) is 4.57 Å². The molecule has 0 saturated carbocycles. The number of nitrogen functional groups attached to an aromatic ring is 2. The minimum Gasteiger partial charge on any atom is -0.399 e. The molecule has 0 radical (unpaired) electrons. The molecule has 1 aromatic heterocycles. The third-order valence-corrected chi connectivity index (χ3v) is 3.22. The summed E-state index contributed by atoms with van der Waals surface area (Å²) in [7, 11) is 2.01. The van der Waals surface area contributed by atoms with Crippen LogP contribution >= 0.6 is 0 Å². The van der Waals surface area contributed by atoms with E-state index in [0.29, 0.717) is 5.69 Å². The van der Waals surface area contributed by atoms with Crippen LogP contribution < -0.4 is 16.0 Å². The lowest BCUT2D eigenvalue weighted by Crippen LogP contribution is -2.24. The highest BCUT2D eigenvalue weighted by atomic mass is 16.5. The molecule has 1 aromatic carbocycles. The van der Waals surface area contributed by atoms with Gasteiger partial charge >= 0.3 is 0 Å². The van der Waals surface area contributed by atoms with Crippen LogP contribution in [-0.2, 0) is 24.8 Å². The van der Waals surface area contributed by atoms with E-state index >= 15 is 0 Å². The first-order valence-corrected chi connectivity index (χ1v) is 6.88. The zero-order chi connectivity index (χ0) is 14.4. The second-order valence-corrected chi connectivity index (χ2v) is 4.99. The van der Waals surface area contributed by atoms with E-state index in [2.05, 4.69) is 4.57 Å². The molecule has 5 nitrogen and oxygen atoms in total. The second kappa shape index (κ2) is 6.96. The number of nitrogens with two attached hydrogens (primary N) is 2. The van der Waals surface area contributed by atoms with Crippen LogP contribution in [0.4, 0.5) is 11.4 Å². The minimum absolute atomic E-state index is 0.711. The second-order valence-electron chi connectivity index (χ2n) is 4.99. The summed E-state index contributed by atoms with van der Waals surface area (Å²) in [5.74, 6) is 0. The lowest BCUT2D eigenvalue weighted by molar-refractivity contribution is -0.671. The maximum atomic E-state index is 5.91. The van der Waals surface area contributed by atoms with Gasteiger partial charge in [0.1, 0.15) is 18.9 Å². The van der Waals surface area contributed by atoms with Gasteiger partial charge in [0.15, 0.2) is 0 Å². The van der Waals surface area contributed by atoms with Crippen LogP contribution in [0, 0.1) is 0 Å². The third kappa shape index (κ3) is 4.28. The van der Waals surface area contributed by atoms with Gasteiger partial charge in [0.05, 0.1) is 13.7 Å². The van der Waals surface area contributed by atoms with Crippen molar-refractivity contribution in [3.63, 3.8) is 0 Å². The molecule has 108 valence electrons. The summed E-state index contributed by atoms with van der Waals surface area (Å²) in [5, 5.41) is 0. The molecular formula is C15H23N4O+. The van der Waals surface area contributed by atoms with Gasteiger partial charge in [-0.2, -0.15) is 0 Å². The molecule has 0 atom stereocenters. The first kappa shape index (κ1) is 14.4. The van der Waals surface area contributed by atoms with Gasteiger partial charge in [-0.05, 0) is 30.5 Å². The SMILES string of the molecule is C[n+]1ccn(CCOCCCc2ccc(N)cc2N)c1. The van der Waals surface area contributed by atoms with Gasteiger partial charge in [-0.25, -0.2) is 9.13 Å². The van der Waals surface area contributed by atoms with Crippen molar-refractivity contribution in [2.45, 2.75) is 19.4 Å². The molecule has 0 spiro atoms. The zero-order valence-electron chi connectivity index (χ0n) is 12.0. The molecule has 0 aliphatic carbocycles. The summed E-state index contributed by atoms with van der Waals surface area (Å²) in [4.78, 5) is 0. The summed E-state index contributed by atoms with van der Waals surface area (Å²) in [6.45, 7) is 2.36. The molecule has 5 heteroatoms. The van der Waals surface area contributed by atoms with E-state index in [-0.39, 0.29) is 0 Å². The molecule has 0 fully saturated rings. The van der Waals surface area contributed by atoms with E-state index in [9.17, 15) is 0 Å². The number of benzene rings is 1. The van der Waals surface area contributed by atoms with Crippen LogP contribution in [0.1, 0.15) is 12.0 Å². The molecule has 0 unspecified atom stereocenters. The molecule has 0 aliphatic rings. The molecule has 1 heterocycles. The summed E-state index contributed by atoms with van der Waals surface area (Å²) in [6.07, 6.45) is 7.99. The molecule has 2 aromatic rings. The number of imidazole rings is 1. The monoisotopic (exact) mass is 275 g/mol. The first-order valence-electron chi connectivity index (χ1n) is 6.88. The van der Waals surface area contributed by atoms with Gasteiger partial charge in [0.2, 0.25) is 6.33 Å². The highest BCUT2D eigenvalue weighted by molar-refractivity contribution is 5.56. The Balaban J connectivity index is 1.62. The number of nitrogens with zero attached hydrogens (tertiary/aromatic N) is 2. The van der Waals surface area contributed by atoms with Crippen molar-refractivity contribution in [2.24, 2.45) is 7.05 Å². The number of ether oxygens (including phenoxy) is 1. The van der Waals surface area contributed by atoms with E-state index in [1.54, 1.807) is 0 Å². The fourth-order valence-corrected chi connectivity index (χ4v) is 2.11. The number of hydrogen-bond acceptors (Lipinski definition) is 3. The predicted octanol–water partition coefficient (Wildman–Crippen LogP) is 1.13. The Hall–Kier alpha value is -2.01. The number of hydrogen-bond donors (Lipinski definition) is 2. The molecule has 0 amide bonds. The Morgan fingerprint density at radius 3 is 2.80 bits per heavy atom. The number of anilines is 2. The van der Waals surface area contributed by atoms with Crippen LogP contribution in [0.25, 0.3) is 0 Å². The van der Waals surface area contributed by atoms with Crippen LogP contribution in [0.2, 0.25) is 0 Å². The van der Waals surface area contributed by atoms with Gasteiger partial charge in [-0.1, -0.05) is 6.07 Å². The molecule has 4 N–H and O–H groups in total. The topological polar surface area (TPSA) is 70.1 Å². The van der Waals surface area contributed by atoms with Crippen LogP contribution in [0.15, 0.2) is 36.9 Å². The maximum Gasteiger partial charge on any atom is 0.243 e. The van der Waals surface area contributed by atoms with Gasteiger partial charge in [0.25, 0.3) is 0 Å². The average Bonchev–Trinajstić information content (AvgIpc) is 2.81. The van der Waals surface area contributed by atoms with Crippen LogP contribution in [-0.4, -0.2) is 17.8 Å². The number of aryl methyl sites for hydroxylation is 2. The summed E-state index contributed by atoms with van der Waals surface area (Å²) in [5.41, 5.74) is 14.2. The van der Waals surface area contributed by atoms with Crippen molar-refractivity contribution in [3.05, 3.63) is 42.5 Å². The predicted molar refractivity (Wildman–Crippen MR) is 80.0 cm³/mol. The fourth-order valence-electron chi connectivity index (χ4n) is 2.11. The minimum atomic E-state index is 0.711. The lowest BCUT2D eigenvalue weighted by atomic mass is 10.1. The zero-order valence-corrected chi connectivity index (χ0v) is 12.0. The van der Waals surface area contributed by atoms with Crippen molar-refractivity contribution in [1.29, 1.82) is 0 Å². The first-order chi connectivity index (χ1) is 9.65.